The number of halogens is 3. The number of amides is 1. The van der Waals surface area contributed by atoms with Crippen molar-refractivity contribution in [3.63, 3.8) is 0 Å². The topological polar surface area (TPSA) is 77.5 Å². The van der Waals surface area contributed by atoms with E-state index in [4.69, 9.17) is 34.8 Å². The van der Waals surface area contributed by atoms with Crippen LogP contribution >= 0.6 is 34.8 Å². The maximum Gasteiger partial charge on any atom is 0.253 e. The second kappa shape index (κ2) is 8.82. The van der Waals surface area contributed by atoms with Crippen LogP contribution in [0.2, 0.25) is 15.1 Å². The zero-order valence-electron chi connectivity index (χ0n) is 15.4. The number of nitrogens with zero attached hydrogens (tertiary/aromatic N) is 1. The Labute approximate surface area is 185 Å². The SMILES string of the molecule is O=C(c1ccc(Cl)cc1)N1CCC(CCCS(=O)(=O)[O-])(c2ccc(Cl)c(Cl)c2)C1. The first-order valence-corrected chi connectivity index (χ1v) is 11.7. The van der Waals surface area contributed by atoms with E-state index in [1.54, 1.807) is 41.3 Å². The minimum absolute atomic E-state index is 0.125. The first-order chi connectivity index (χ1) is 13.6. The Morgan fingerprint density at radius 2 is 1.76 bits per heavy atom. The van der Waals surface area contributed by atoms with Gasteiger partial charge in [-0.1, -0.05) is 40.9 Å². The van der Waals surface area contributed by atoms with Crippen LogP contribution in [0.15, 0.2) is 42.5 Å². The van der Waals surface area contributed by atoms with E-state index in [0.717, 1.165) is 5.56 Å². The summed E-state index contributed by atoms with van der Waals surface area (Å²) in [6.45, 7) is 0.900. The summed E-state index contributed by atoms with van der Waals surface area (Å²) < 4.78 is 33.2. The molecule has 2 aromatic carbocycles. The Balaban J connectivity index is 1.86. The number of hydrogen-bond donors (Lipinski definition) is 0. The molecule has 9 heteroatoms. The fourth-order valence-corrected chi connectivity index (χ4v) is 4.74. The molecule has 0 bridgehead atoms. The molecule has 0 N–H and O–H groups in total. The van der Waals surface area contributed by atoms with Gasteiger partial charge in [-0.3, -0.25) is 4.79 Å². The van der Waals surface area contributed by atoms with Crippen molar-refractivity contribution in [3.05, 3.63) is 68.7 Å². The number of rotatable bonds is 6. The summed E-state index contributed by atoms with van der Waals surface area (Å²) in [6, 6.07) is 12.0. The normalized spacial score (nSPS) is 19.5. The molecule has 5 nitrogen and oxygen atoms in total. The average molecular weight is 476 g/mol. The molecule has 3 rings (SSSR count). The third kappa shape index (κ3) is 5.44. The van der Waals surface area contributed by atoms with Crippen molar-refractivity contribution in [2.75, 3.05) is 18.8 Å². The quantitative estimate of drug-likeness (QED) is 0.565. The summed E-state index contributed by atoms with van der Waals surface area (Å²) in [5.74, 6) is -0.568. The van der Waals surface area contributed by atoms with Crippen LogP contribution in [-0.4, -0.2) is 42.6 Å². The minimum Gasteiger partial charge on any atom is -0.748 e. The van der Waals surface area contributed by atoms with E-state index in [-0.39, 0.29) is 12.3 Å². The number of hydrogen-bond acceptors (Lipinski definition) is 4. The molecular formula is C20H19Cl3NO4S-. The van der Waals surface area contributed by atoms with Crippen molar-refractivity contribution in [1.29, 1.82) is 0 Å². The maximum atomic E-state index is 12.9. The smallest absolute Gasteiger partial charge is 0.253 e. The molecule has 0 aromatic heterocycles. The minimum atomic E-state index is -4.31. The molecular weight excluding hydrogens is 457 g/mol. The summed E-state index contributed by atoms with van der Waals surface area (Å²) in [5, 5.41) is 1.36. The summed E-state index contributed by atoms with van der Waals surface area (Å²) in [7, 11) is -4.31. The summed E-state index contributed by atoms with van der Waals surface area (Å²) >= 11 is 18.1. The molecule has 1 atom stereocenters. The molecule has 156 valence electrons. The second-order valence-corrected chi connectivity index (χ2v) is 10.0. The van der Waals surface area contributed by atoms with E-state index < -0.39 is 21.3 Å². The number of carbonyl (C=O) groups excluding carboxylic acids is 1. The Kier molecular flexibility index (Phi) is 6.81. The van der Waals surface area contributed by atoms with Crippen LogP contribution in [0.4, 0.5) is 0 Å². The molecule has 1 aliphatic rings. The fourth-order valence-electron chi connectivity index (χ4n) is 3.82. The standard InChI is InChI=1S/C20H20Cl3NO4S/c21-16-5-2-14(3-6-16)19(25)24-10-9-20(13-24,8-1-11-29(26,27)28)15-4-7-17(22)18(23)12-15/h2-7,12H,1,8-11,13H2,(H,26,27,28)/p-1. The third-order valence-electron chi connectivity index (χ3n) is 5.31. The van der Waals surface area contributed by atoms with Crippen LogP contribution < -0.4 is 0 Å². The van der Waals surface area contributed by atoms with Gasteiger partial charge >= 0.3 is 0 Å². The summed E-state index contributed by atoms with van der Waals surface area (Å²) in [6.07, 6.45) is 1.27. The van der Waals surface area contributed by atoms with Crippen LogP contribution in [-0.2, 0) is 15.5 Å². The molecule has 0 radical (unpaired) electrons. The summed E-state index contributed by atoms with van der Waals surface area (Å²) in [4.78, 5) is 14.7. The predicted molar refractivity (Wildman–Crippen MR) is 114 cm³/mol. The number of carbonyl (C=O) groups is 1. The highest BCUT2D eigenvalue weighted by atomic mass is 35.5. The highest BCUT2D eigenvalue weighted by Gasteiger charge is 2.41. The van der Waals surface area contributed by atoms with Gasteiger partial charge in [0.25, 0.3) is 5.91 Å². The Morgan fingerprint density at radius 3 is 2.38 bits per heavy atom. The number of benzene rings is 2. The highest BCUT2D eigenvalue weighted by molar-refractivity contribution is 7.85. The monoisotopic (exact) mass is 474 g/mol. The molecule has 1 fully saturated rings. The molecule has 1 amide bonds. The zero-order valence-corrected chi connectivity index (χ0v) is 18.5. The van der Waals surface area contributed by atoms with Gasteiger partial charge in [0.1, 0.15) is 0 Å². The molecule has 0 aliphatic carbocycles. The summed E-state index contributed by atoms with van der Waals surface area (Å²) in [5.41, 5.74) is 0.907. The van der Waals surface area contributed by atoms with Gasteiger partial charge in [-0.05, 0) is 61.2 Å². The van der Waals surface area contributed by atoms with Crippen LogP contribution in [0.5, 0.6) is 0 Å². The molecule has 2 aromatic rings. The van der Waals surface area contributed by atoms with Crippen molar-refractivity contribution >= 4 is 50.8 Å². The van der Waals surface area contributed by atoms with Gasteiger partial charge in [-0.2, -0.15) is 0 Å². The lowest BCUT2D eigenvalue weighted by Crippen LogP contribution is -2.35. The van der Waals surface area contributed by atoms with Gasteiger partial charge in [0, 0.05) is 34.8 Å². The average Bonchev–Trinajstić information content (AvgIpc) is 3.08. The van der Waals surface area contributed by atoms with E-state index in [1.165, 1.54) is 0 Å². The Hall–Kier alpha value is -1.31. The lowest BCUT2D eigenvalue weighted by molar-refractivity contribution is 0.0782. The van der Waals surface area contributed by atoms with Crippen molar-refractivity contribution in [2.45, 2.75) is 24.7 Å². The van der Waals surface area contributed by atoms with Gasteiger partial charge in [-0.15, -0.1) is 0 Å². The first-order valence-electron chi connectivity index (χ1n) is 9.04. The maximum absolute atomic E-state index is 12.9. The van der Waals surface area contributed by atoms with Crippen LogP contribution in [0.1, 0.15) is 35.2 Å². The molecule has 0 spiro atoms. The van der Waals surface area contributed by atoms with Crippen molar-refractivity contribution in [1.82, 2.24) is 4.90 Å². The largest absolute Gasteiger partial charge is 0.748 e. The van der Waals surface area contributed by atoms with Gasteiger partial charge in [0.15, 0.2) is 0 Å². The zero-order chi connectivity index (χ0) is 21.2. The predicted octanol–water partition coefficient (Wildman–Crippen LogP) is 4.76. The van der Waals surface area contributed by atoms with E-state index in [0.29, 0.717) is 46.6 Å². The molecule has 1 heterocycles. The highest BCUT2D eigenvalue weighted by Crippen LogP contribution is 2.41. The van der Waals surface area contributed by atoms with Crippen molar-refractivity contribution in [3.8, 4) is 0 Å². The third-order valence-corrected chi connectivity index (χ3v) is 7.09. The van der Waals surface area contributed by atoms with E-state index >= 15 is 0 Å². The van der Waals surface area contributed by atoms with E-state index in [9.17, 15) is 17.8 Å². The molecule has 1 unspecified atom stereocenters. The second-order valence-electron chi connectivity index (χ2n) is 7.26. The molecule has 1 aliphatic heterocycles. The fraction of sp³-hybridized carbons (Fsp3) is 0.350. The van der Waals surface area contributed by atoms with Gasteiger partial charge in [0.2, 0.25) is 0 Å². The molecule has 0 saturated carbocycles. The van der Waals surface area contributed by atoms with Crippen molar-refractivity contribution < 1.29 is 17.8 Å². The van der Waals surface area contributed by atoms with Gasteiger partial charge in [0.05, 0.1) is 20.2 Å². The van der Waals surface area contributed by atoms with Gasteiger partial charge in [-0.25, -0.2) is 8.42 Å². The lowest BCUT2D eigenvalue weighted by Gasteiger charge is -2.31. The van der Waals surface area contributed by atoms with Gasteiger partial charge < -0.3 is 9.45 Å². The first kappa shape index (κ1) is 22.4. The number of likely N-dealkylation sites (tertiary alicyclic amines) is 1. The van der Waals surface area contributed by atoms with Crippen LogP contribution in [0.3, 0.4) is 0 Å². The van der Waals surface area contributed by atoms with Crippen molar-refractivity contribution in [2.24, 2.45) is 0 Å². The van der Waals surface area contributed by atoms with Crippen LogP contribution in [0.25, 0.3) is 0 Å². The Morgan fingerprint density at radius 1 is 1.07 bits per heavy atom. The van der Waals surface area contributed by atoms with E-state index in [2.05, 4.69) is 0 Å². The molecule has 1 saturated heterocycles. The Bertz CT molecular complexity index is 1010. The molecule has 29 heavy (non-hydrogen) atoms. The van der Waals surface area contributed by atoms with Crippen LogP contribution in [0, 0.1) is 0 Å². The lowest BCUT2D eigenvalue weighted by atomic mass is 9.76. The van der Waals surface area contributed by atoms with E-state index in [1.807, 2.05) is 6.07 Å².